The molecule has 0 spiro atoms. The first-order valence-electron chi connectivity index (χ1n) is 12.3. The first-order chi connectivity index (χ1) is 17.2. The van der Waals surface area contributed by atoms with Crippen molar-refractivity contribution in [3.63, 3.8) is 0 Å². The molecule has 1 aliphatic rings. The van der Waals surface area contributed by atoms with Gasteiger partial charge in [-0.15, -0.1) is 0 Å². The van der Waals surface area contributed by atoms with Gasteiger partial charge in [-0.05, 0) is 52.7 Å². The minimum atomic E-state index is -0.577. The molecule has 11 heteroatoms. The predicted octanol–water partition coefficient (Wildman–Crippen LogP) is 2.40. The monoisotopic (exact) mass is 496 g/mol. The topological polar surface area (TPSA) is 144 Å². The summed E-state index contributed by atoms with van der Waals surface area (Å²) in [5.74, 6) is 0.675. The molecule has 4 N–H and O–H groups in total. The Morgan fingerprint density at radius 3 is 2.75 bits per heavy atom. The van der Waals surface area contributed by atoms with Crippen molar-refractivity contribution in [1.82, 2.24) is 30.5 Å². The molecule has 0 unspecified atom stereocenters. The van der Waals surface area contributed by atoms with Crippen LogP contribution in [0.4, 0.5) is 5.82 Å². The number of amides is 1. The third-order valence-corrected chi connectivity index (χ3v) is 6.68. The van der Waals surface area contributed by atoms with E-state index in [9.17, 15) is 4.79 Å². The average Bonchev–Trinajstić information content (AvgIpc) is 3.27. The number of fused-ring (bicyclic) bond motifs is 1. The van der Waals surface area contributed by atoms with Crippen LogP contribution in [0.2, 0.25) is 0 Å². The molecule has 36 heavy (non-hydrogen) atoms. The maximum atomic E-state index is 13.1. The fourth-order valence-electron chi connectivity index (χ4n) is 4.23. The molecule has 3 aromatic heterocycles. The number of nitrogens with zero attached hydrogens (tertiary/aromatic N) is 5. The third-order valence-electron chi connectivity index (χ3n) is 6.68. The molecule has 1 fully saturated rings. The molecule has 0 aliphatic carbocycles. The Morgan fingerprint density at radius 2 is 2.06 bits per heavy atom. The van der Waals surface area contributed by atoms with Gasteiger partial charge in [0, 0.05) is 61.0 Å². The molecule has 194 valence electrons. The predicted molar refractivity (Wildman–Crippen MR) is 137 cm³/mol. The molecular formula is C25H36N8O3. The van der Waals surface area contributed by atoms with Crippen LogP contribution in [-0.4, -0.2) is 75.5 Å². The number of methoxy groups -OCH3 is 1. The minimum absolute atomic E-state index is 0.148. The summed E-state index contributed by atoms with van der Waals surface area (Å²) in [6.07, 6.45) is 3.30. The van der Waals surface area contributed by atoms with E-state index in [4.69, 9.17) is 15.2 Å². The number of carbonyl (C=O) groups is 1. The lowest BCUT2D eigenvalue weighted by atomic mass is 9.92. The molecule has 2 atom stereocenters. The highest BCUT2D eigenvalue weighted by atomic mass is 16.5. The number of nitrogens with two attached hydrogens (primary N) is 1. The van der Waals surface area contributed by atoms with Gasteiger partial charge in [-0.3, -0.25) is 9.89 Å². The maximum Gasteiger partial charge on any atom is 0.319 e. The van der Waals surface area contributed by atoms with Gasteiger partial charge in [0.05, 0.1) is 6.61 Å². The Hall–Kier alpha value is -3.31. The number of ether oxygens (including phenoxy) is 2. The van der Waals surface area contributed by atoms with Gasteiger partial charge in [0.1, 0.15) is 17.6 Å². The number of nitrogens with one attached hydrogen (secondary N) is 2. The molecule has 0 aromatic carbocycles. The summed E-state index contributed by atoms with van der Waals surface area (Å²) in [6.45, 7) is 9.39. The van der Waals surface area contributed by atoms with Crippen molar-refractivity contribution in [3.05, 3.63) is 35.8 Å². The van der Waals surface area contributed by atoms with Crippen LogP contribution in [0.5, 0.6) is 6.01 Å². The van der Waals surface area contributed by atoms with Gasteiger partial charge in [-0.25, -0.2) is 4.98 Å². The highest BCUT2D eigenvalue weighted by Crippen LogP contribution is 2.32. The van der Waals surface area contributed by atoms with E-state index in [2.05, 4.69) is 41.4 Å². The number of rotatable bonds is 9. The number of pyridine rings is 1. The summed E-state index contributed by atoms with van der Waals surface area (Å²) < 4.78 is 11.0. The number of H-pyrrole nitrogens is 1. The second-order valence-corrected chi connectivity index (χ2v) is 10.1. The summed E-state index contributed by atoms with van der Waals surface area (Å²) in [4.78, 5) is 28.6. The number of aromatic amines is 1. The van der Waals surface area contributed by atoms with Gasteiger partial charge in [0.2, 0.25) is 0 Å². The Bertz CT molecular complexity index is 1180. The van der Waals surface area contributed by atoms with Crippen LogP contribution >= 0.6 is 0 Å². The highest BCUT2D eigenvalue weighted by Gasteiger charge is 2.27. The van der Waals surface area contributed by atoms with Crippen LogP contribution in [0.1, 0.15) is 62.6 Å². The number of piperidine rings is 1. The standard InChI is InChI=1S/C25H36N8O3/c1-15(14-35-5)36-24-29-19(23(34)28-16(2)25(3,4)26)13-20(30-24)33-11-8-17(9-12-33)21-18-7-6-10-27-22(18)32-31-21/h6-7,10,13,15-17H,8-9,11-12,14,26H2,1-5H3,(H,28,34)(H,27,31,32)/t15-,16-/m1/s1. The van der Waals surface area contributed by atoms with Crippen molar-refractivity contribution in [2.45, 2.75) is 64.1 Å². The normalized spacial score (nSPS) is 16.7. The molecule has 0 saturated carbocycles. The molecule has 1 saturated heterocycles. The molecule has 0 radical (unpaired) electrons. The van der Waals surface area contributed by atoms with Crippen molar-refractivity contribution in [3.8, 4) is 6.01 Å². The molecule has 4 heterocycles. The summed E-state index contributed by atoms with van der Waals surface area (Å²) in [5, 5.41) is 11.5. The first kappa shape index (κ1) is 25.8. The Kier molecular flexibility index (Phi) is 7.70. The number of hydrogen-bond donors (Lipinski definition) is 3. The van der Waals surface area contributed by atoms with E-state index < -0.39 is 5.54 Å². The van der Waals surface area contributed by atoms with E-state index in [0.29, 0.717) is 18.3 Å². The quantitative estimate of drug-likeness (QED) is 0.407. The van der Waals surface area contributed by atoms with E-state index in [-0.39, 0.29) is 29.8 Å². The molecule has 1 amide bonds. The largest absolute Gasteiger partial charge is 0.458 e. The van der Waals surface area contributed by atoms with E-state index in [0.717, 1.165) is 42.7 Å². The molecule has 3 aromatic rings. The second kappa shape index (κ2) is 10.8. The van der Waals surface area contributed by atoms with Crippen LogP contribution < -0.4 is 20.7 Å². The van der Waals surface area contributed by atoms with E-state index in [1.165, 1.54) is 0 Å². The number of aromatic nitrogens is 5. The smallest absolute Gasteiger partial charge is 0.319 e. The zero-order valence-corrected chi connectivity index (χ0v) is 21.6. The highest BCUT2D eigenvalue weighted by molar-refractivity contribution is 5.93. The number of carbonyl (C=O) groups excluding carboxylic acids is 1. The average molecular weight is 497 g/mol. The lowest BCUT2D eigenvalue weighted by Crippen LogP contribution is -2.53. The van der Waals surface area contributed by atoms with Crippen LogP contribution in [0.25, 0.3) is 11.0 Å². The van der Waals surface area contributed by atoms with Crippen molar-refractivity contribution < 1.29 is 14.3 Å². The van der Waals surface area contributed by atoms with Gasteiger partial charge in [0.15, 0.2) is 5.65 Å². The summed E-state index contributed by atoms with van der Waals surface area (Å²) in [6, 6.07) is 5.60. The SMILES string of the molecule is COC[C@@H](C)Oc1nc(C(=O)N[C@H](C)C(C)(C)N)cc(N2CCC(c3[nH]nc4ncccc34)CC2)n1. The Morgan fingerprint density at radius 1 is 1.31 bits per heavy atom. The van der Waals surface area contributed by atoms with Gasteiger partial charge in [-0.2, -0.15) is 15.1 Å². The minimum Gasteiger partial charge on any atom is -0.458 e. The maximum absolute atomic E-state index is 13.1. The summed E-state index contributed by atoms with van der Waals surface area (Å²) in [7, 11) is 1.61. The lowest BCUT2D eigenvalue weighted by molar-refractivity contribution is 0.0839. The molecule has 4 rings (SSSR count). The van der Waals surface area contributed by atoms with Crippen LogP contribution in [0, 0.1) is 0 Å². The fraction of sp³-hybridized carbons (Fsp3) is 0.560. The van der Waals surface area contributed by atoms with E-state index in [1.807, 2.05) is 33.8 Å². The lowest BCUT2D eigenvalue weighted by Gasteiger charge is -2.33. The molecular weight excluding hydrogens is 460 g/mol. The van der Waals surface area contributed by atoms with Gasteiger partial charge in [0.25, 0.3) is 5.91 Å². The van der Waals surface area contributed by atoms with Crippen molar-refractivity contribution in [2.75, 3.05) is 31.7 Å². The first-order valence-corrected chi connectivity index (χ1v) is 12.3. The molecule has 11 nitrogen and oxygen atoms in total. The summed E-state index contributed by atoms with van der Waals surface area (Å²) in [5.41, 5.74) is 7.69. The number of anilines is 1. The van der Waals surface area contributed by atoms with Crippen LogP contribution in [-0.2, 0) is 4.74 Å². The number of hydrogen-bond acceptors (Lipinski definition) is 9. The van der Waals surface area contributed by atoms with Gasteiger partial charge in [-0.1, -0.05) is 0 Å². The van der Waals surface area contributed by atoms with Crippen LogP contribution in [0.3, 0.4) is 0 Å². The van der Waals surface area contributed by atoms with Crippen molar-refractivity contribution in [2.24, 2.45) is 5.73 Å². The Balaban J connectivity index is 1.53. The zero-order valence-electron chi connectivity index (χ0n) is 21.6. The van der Waals surface area contributed by atoms with Gasteiger partial charge >= 0.3 is 6.01 Å². The van der Waals surface area contributed by atoms with Crippen LogP contribution in [0.15, 0.2) is 24.4 Å². The molecule has 0 bridgehead atoms. The summed E-state index contributed by atoms with van der Waals surface area (Å²) >= 11 is 0. The Labute approximate surface area is 211 Å². The second-order valence-electron chi connectivity index (χ2n) is 10.1. The fourth-order valence-corrected chi connectivity index (χ4v) is 4.23. The zero-order chi connectivity index (χ0) is 25.9. The van der Waals surface area contributed by atoms with E-state index in [1.54, 1.807) is 19.4 Å². The van der Waals surface area contributed by atoms with Crippen molar-refractivity contribution >= 4 is 22.8 Å². The van der Waals surface area contributed by atoms with Crippen molar-refractivity contribution in [1.29, 1.82) is 0 Å². The third kappa shape index (κ3) is 5.90. The molecule has 1 aliphatic heterocycles. The van der Waals surface area contributed by atoms with E-state index >= 15 is 0 Å². The van der Waals surface area contributed by atoms with Gasteiger partial charge < -0.3 is 25.4 Å².